The quantitative estimate of drug-likeness (QED) is 0.293. The number of carbonyl (C=O) groups excluding carboxylic acids is 1. The number of nitrogens with zero attached hydrogens (tertiary/aromatic N) is 2. The smallest absolute Gasteiger partial charge is 0.235 e. The number of Topliss-reactive ketones (excluding diaryl/α,β-unsaturated/α-hetero) is 1. The number of amidine groups is 1. The van der Waals surface area contributed by atoms with E-state index in [0.29, 0.717) is 18.5 Å². The number of hydrogen-bond acceptors (Lipinski definition) is 4. The lowest BCUT2D eigenvalue weighted by Crippen LogP contribution is -2.47. The molecule has 4 atom stereocenters. The summed E-state index contributed by atoms with van der Waals surface area (Å²) in [5.74, 6) is -1.42. The standard InChI is InChI=1S/C15H17BrFN3O4S/c16-12-7-9(1-4-13(12)17)18-15(19-22)14(21)8-5-10-2-3-11(6-8)20(10)25(23)24/h1,4,7-8,10-11,22H,2-3,5-6H2,(H,18,19)(H,23,24)/t8?,10-,11+. The van der Waals surface area contributed by atoms with Gasteiger partial charge in [0.2, 0.25) is 17.0 Å². The number of rotatable bonds is 4. The zero-order chi connectivity index (χ0) is 18.1. The van der Waals surface area contributed by atoms with Gasteiger partial charge in [-0.1, -0.05) is 0 Å². The number of carbonyl (C=O) groups is 1. The van der Waals surface area contributed by atoms with Gasteiger partial charge in [0.25, 0.3) is 0 Å². The van der Waals surface area contributed by atoms with Crippen molar-refractivity contribution >= 4 is 44.5 Å². The van der Waals surface area contributed by atoms with Gasteiger partial charge in [-0.25, -0.2) is 19.1 Å². The van der Waals surface area contributed by atoms with Crippen molar-refractivity contribution in [1.29, 1.82) is 0 Å². The molecule has 3 rings (SSSR count). The molecule has 2 aliphatic rings. The first-order valence-electron chi connectivity index (χ1n) is 7.78. The van der Waals surface area contributed by atoms with Gasteiger partial charge < -0.3 is 0 Å². The Bertz CT molecular complexity index is 733. The number of piperidine rings is 1. The van der Waals surface area contributed by atoms with Gasteiger partial charge in [0, 0.05) is 18.0 Å². The van der Waals surface area contributed by atoms with Gasteiger partial charge in [-0.2, -0.15) is 4.31 Å². The van der Waals surface area contributed by atoms with Crippen LogP contribution in [-0.2, 0) is 16.1 Å². The number of nitrogens with one attached hydrogen (secondary N) is 1. The molecule has 0 radical (unpaired) electrons. The third-order valence-corrected chi connectivity index (χ3v) is 6.27. The van der Waals surface area contributed by atoms with Crippen LogP contribution in [0.25, 0.3) is 0 Å². The van der Waals surface area contributed by atoms with Crippen LogP contribution >= 0.6 is 15.9 Å². The van der Waals surface area contributed by atoms with E-state index < -0.39 is 17.1 Å². The van der Waals surface area contributed by atoms with Crippen LogP contribution in [-0.4, -0.2) is 42.0 Å². The van der Waals surface area contributed by atoms with Crippen molar-refractivity contribution < 1.29 is 23.2 Å². The Hall–Kier alpha value is -1.20. The molecule has 7 nitrogen and oxygen atoms in total. The average molecular weight is 434 g/mol. The molecule has 0 aromatic heterocycles. The maximum absolute atomic E-state index is 13.3. The van der Waals surface area contributed by atoms with Crippen molar-refractivity contribution in [3.8, 4) is 0 Å². The molecule has 2 saturated heterocycles. The van der Waals surface area contributed by atoms with Crippen LogP contribution < -0.4 is 5.48 Å². The van der Waals surface area contributed by atoms with Crippen LogP contribution in [0.1, 0.15) is 25.7 Å². The van der Waals surface area contributed by atoms with Crippen molar-refractivity contribution in [2.75, 3.05) is 0 Å². The second-order valence-electron chi connectivity index (χ2n) is 6.18. The maximum atomic E-state index is 13.3. The third-order valence-electron chi connectivity index (χ3n) is 4.70. The van der Waals surface area contributed by atoms with Crippen molar-refractivity contribution in [3.05, 3.63) is 28.5 Å². The fraction of sp³-hybridized carbons (Fsp3) is 0.467. The average Bonchev–Trinajstić information content (AvgIpc) is 2.86. The van der Waals surface area contributed by atoms with Crippen LogP contribution in [0, 0.1) is 11.7 Å². The molecule has 0 saturated carbocycles. The highest BCUT2D eigenvalue weighted by Crippen LogP contribution is 2.39. The molecule has 2 unspecified atom stereocenters. The number of ketones is 1. The van der Waals surface area contributed by atoms with E-state index >= 15 is 0 Å². The predicted octanol–water partition coefficient (Wildman–Crippen LogP) is 2.55. The van der Waals surface area contributed by atoms with Gasteiger partial charge >= 0.3 is 0 Å². The second kappa shape index (κ2) is 7.58. The number of hydroxylamine groups is 1. The molecule has 2 fully saturated rings. The molecule has 1 aromatic rings. The number of benzene rings is 1. The highest BCUT2D eigenvalue weighted by molar-refractivity contribution is 9.10. The Morgan fingerprint density at radius 3 is 2.52 bits per heavy atom. The number of hydrogen-bond donors (Lipinski definition) is 3. The fourth-order valence-electron chi connectivity index (χ4n) is 3.62. The van der Waals surface area contributed by atoms with Gasteiger partial charge in [-0.15, -0.1) is 0 Å². The zero-order valence-electron chi connectivity index (χ0n) is 13.1. The summed E-state index contributed by atoms with van der Waals surface area (Å²) in [6.07, 6.45) is 2.42. The predicted molar refractivity (Wildman–Crippen MR) is 93.3 cm³/mol. The summed E-state index contributed by atoms with van der Waals surface area (Å²) >= 11 is 1.00. The summed E-state index contributed by atoms with van der Waals surface area (Å²) in [6, 6.07) is 3.75. The van der Waals surface area contributed by atoms with Gasteiger partial charge in [-0.3, -0.25) is 14.6 Å². The molecule has 0 spiro atoms. The lowest BCUT2D eigenvalue weighted by atomic mass is 9.88. The Morgan fingerprint density at radius 1 is 1.36 bits per heavy atom. The Morgan fingerprint density at radius 2 is 2.00 bits per heavy atom. The largest absolute Gasteiger partial charge is 0.294 e. The van der Waals surface area contributed by atoms with Crippen LogP contribution in [0.15, 0.2) is 27.7 Å². The Labute approximate surface area is 154 Å². The first-order chi connectivity index (χ1) is 11.9. The van der Waals surface area contributed by atoms with E-state index in [-0.39, 0.29) is 34.1 Å². The molecule has 0 amide bonds. The van der Waals surface area contributed by atoms with E-state index in [1.54, 1.807) is 4.31 Å². The summed E-state index contributed by atoms with van der Waals surface area (Å²) in [7, 11) is 0. The minimum Gasteiger partial charge on any atom is -0.294 e. The van der Waals surface area contributed by atoms with Crippen LogP contribution in [0.4, 0.5) is 10.1 Å². The summed E-state index contributed by atoms with van der Waals surface area (Å²) in [6.45, 7) is 0. The number of fused-ring (bicyclic) bond motifs is 2. The topological polar surface area (TPSA) is 102 Å². The molecule has 3 N–H and O–H groups in total. The number of halogens is 2. The lowest BCUT2D eigenvalue weighted by Gasteiger charge is -2.35. The molecule has 0 aliphatic carbocycles. The third kappa shape index (κ3) is 3.82. The molecular weight excluding hydrogens is 417 g/mol. The molecule has 2 bridgehead atoms. The van der Waals surface area contributed by atoms with Gasteiger partial charge in [0.1, 0.15) is 5.82 Å². The van der Waals surface area contributed by atoms with Crippen molar-refractivity contribution in [1.82, 2.24) is 9.79 Å². The van der Waals surface area contributed by atoms with Crippen molar-refractivity contribution in [3.63, 3.8) is 0 Å². The second-order valence-corrected chi connectivity index (χ2v) is 7.92. The normalized spacial score (nSPS) is 28.0. The Balaban J connectivity index is 1.78. The van der Waals surface area contributed by atoms with Gasteiger partial charge in [-0.05, 0) is 59.8 Å². The van der Waals surface area contributed by atoms with E-state index in [4.69, 9.17) is 0 Å². The minimum absolute atomic E-state index is 0.126. The zero-order valence-corrected chi connectivity index (χ0v) is 15.5. The summed E-state index contributed by atoms with van der Waals surface area (Å²) in [5, 5.41) is 9.31. The highest BCUT2D eigenvalue weighted by Gasteiger charge is 2.46. The monoisotopic (exact) mass is 433 g/mol. The van der Waals surface area contributed by atoms with Crippen molar-refractivity contribution in [2.24, 2.45) is 10.9 Å². The maximum Gasteiger partial charge on any atom is 0.235 e. The molecule has 1 aromatic carbocycles. The molecule has 2 heterocycles. The molecular formula is C15H17BrFN3O4S. The first-order valence-corrected chi connectivity index (χ1v) is 9.63. The fourth-order valence-corrected chi connectivity index (χ4v) is 4.88. The lowest BCUT2D eigenvalue weighted by molar-refractivity contribution is -0.118. The van der Waals surface area contributed by atoms with Gasteiger partial charge in [0.15, 0.2) is 5.84 Å². The van der Waals surface area contributed by atoms with Crippen LogP contribution in [0.2, 0.25) is 0 Å². The van der Waals surface area contributed by atoms with Crippen LogP contribution in [0.5, 0.6) is 0 Å². The molecule has 25 heavy (non-hydrogen) atoms. The SMILES string of the molecule is O=C(C(=Nc1ccc(F)c(Br)c1)NO)C1C[C@H]2CC[C@@H](C1)N2S(=O)O. The highest BCUT2D eigenvalue weighted by atomic mass is 79.9. The van der Waals surface area contributed by atoms with E-state index in [0.717, 1.165) is 12.8 Å². The van der Waals surface area contributed by atoms with E-state index in [9.17, 15) is 23.2 Å². The van der Waals surface area contributed by atoms with Crippen molar-refractivity contribution in [2.45, 2.75) is 37.8 Å². The number of aliphatic imine (C=N–C) groups is 1. The summed E-state index contributed by atoms with van der Waals surface area (Å²) < 4.78 is 35.8. The first kappa shape index (κ1) is 18.6. The van der Waals surface area contributed by atoms with E-state index in [2.05, 4.69) is 20.9 Å². The Kier molecular flexibility index (Phi) is 5.64. The van der Waals surface area contributed by atoms with Gasteiger partial charge in [0.05, 0.1) is 10.2 Å². The molecule has 2 aliphatic heterocycles. The van der Waals surface area contributed by atoms with E-state index in [1.165, 1.54) is 18.2 Å². The van der Waals surface area contributed by atoms with Crippen LogP contribution in [0.3, 0.4) is 0 Å². The summed E-state index contributed by atoms with van der Waals surface area (Å²) in [5.41, 5.74) is 2.15. The minimum atomic E-state index is -2.04. The summed E-state index contributed by atoms with van der Waals surface area (Å²) in [4.78, 5) is 16.8. The molecule has 136 valence electrons. The molecule has 10 heteroatoms. The van der Waals surface area contributed by atoms with E-state index in [1.807, 2.05) is 5.48 Å².